The van der Waals surface area contributed by atoms with Crippen molar-refractivity contribution in [3.05, 3.63) is 12.2 Å². The summed E-state index contributed by atoms with van der Waals surface area (Å²) in [5.41, 5.74) is 0.994. The van der Waals surface area contributed by atoms with Crippen LogP contribution in [0.3, 0.4) is 0 Å². The van der Waals surface area contributed by atoms with E-state index in [1.54, 1.807) is 0 Å². The van der Waals surface area contributed by atoms with Gasteiger partial charge in [-0.15, -0.1) is 0 Å². The normalized spacial score (nSPS) is 12.1. The predicted octanol–water partition coefficient (Wildman–Crippen LogP) is 3.76. The Morgan fingerprint density at radius 1 is 0.880 bits per heavy atom. The van der Waals surface area contributed by atoms with Gasteiger partial charge in [-0.25, -0.2) is 9.59 Å². The van der Waals surface area contributed by atoms with E-state index in [2.05, 4.69) is 46.3 Å². The summed E-state index contributed by atoms with van der Waals surface area (Å²) >= 11 is 0. The van der Waals surface area contributed by atoms with Gasteiger partial charge in [-0.1, -0.05) is 41.5 Å². The Morgan fingerprint density at radius 2 is 1.36 bits per heavy atom. The highest BCUT2D eigenvalue weighted by atomic mass is 28.4. The van der Waals surface area contributed by atoms with Crippen molar-refractivity contribution >= 4 is 26.2 Å². The monoisotopic (exact) mass is 372 g/mol. The summed E-state index contributed by atoms with van der Waals surface area (Å²) in [5, 5.41) is 0. The average molecular weight is 373 g/mol. The van der Waals surface area contributed by atoms with E-state index < -0.39 is 20.3 Å². The molecule has 6 nitrogen and oxygen atoms in total. The molecule has 0 aromatic rings. The second-order valence-electron chi connectivity index (χ2n) is 6.92. The van der Waals surface area contributed by atoms with Crippen molar-refractivity contribution in [1.29, 1.82) is 0 Å². The van der Waals surface area contributed by atoms with E-state index in [1.165, 1.54) is 7.11 Å². The molecule has 0 fully saturated rings. The van der Waals surface area contributed by atoms with Crippen LogP contribution in [0.25, 0.3) is 0 Å². The van der Waals surface area contributed by atoms with Crippen LogP contribution in [0.5, 0.6) is 0 Å². The Balaban J connectivity index is 4.45. The van der Waals surface area contributed by atoms with Gasteiger partial charge < -0.3 is 13.9 Å². The lowest BCUT2D eigenvalue weighted by Gasteiger charge is -2.41. The van der Waals surface area contributed by atoms with Gasteiger partial charge in [-0.05, 0) is 23.0 Å². The van der Waals surface area contributed by atoms with Crippen LogP contribution >= 0.6 is 0 Å². The minimum Gasteiger partial charge on any atom is -0.518 e. The van der Waals surface area contributed by atoms with Gasteiger partial charge in [0.1, 0.15) is 0 Å². The van der Waals surface area contributed by atoms with Crippen LogP contribution in [0.4, 0.5) is 0 Å². The Kier molecular flexibility index (Phi) is 10.4. The lowest BCUT2D eigenvalue weighted by atomic mass is 10.3. The van der Waals surface area contributed by atoms with Gasteiger partial charge in [0, 0.05) is 18.6 Å². The van der Waals surface area contributed by atoms with E-state index in [0.717, 1.165) is 12.2 Å². The van der Waals surface area contributed by atoms with Gasteiger partial charge in [-0.3, -0.25) is 4.79 Å². The first-order valence-electron chi connectivity index (χ1n) is 8.72. The van der Waals surface area contributed by atoms with Crippen molar-refractivity contribution in [3.63, 3.8) is 0 Å². The molecular weight excluding hydrogens is 340 g/mol. The summed E-state index contributed by atoms with van der Waals surface area (Å²) in [5.74, 6) is -1.50. The fraction of sp³-hybridized carbons (Fsp3) is 0.722. The van der Waals surface area contributed by atoms with E-state index in [9.17, 15) is 14.4 Å². The van der Waals surface area contributed by atoms with E-state index in [1.807, 2.05) is 0 Å². The first kappa shape index (κ1) is 23.4. The molecule has 0 aromatic carbocycles. The summed E-state index contributed by atoms with van der Waals surface area (Å²) in [6.07, 6.45) is 2.58. The van der Waals surface area contributed by atoms with Gasteiger partial charge in [0.15, 0.2) is 0 Å². The van der Waals surface area contributed by atoms with E-state index in [0.29, 0.717) is 23.0 Å². The number of carbonyl (C=O) groups is 3. The lowest BCUT2D eigenvalue weighted by Crippen LogP contribution is -2.49. The van der Waals surface area contributed by atoms with E-state index >= 15 is 0 Å². The van der Waals surface area contributed by atoms with Gasteiger partial charge >= 0.3 is 11.9 Å². The topological polar surface area (TPSA) is 78.9 Å². The van der Waals surface area contributed by atoms with Gasteiger partial charge in [0.2, 0.25) is 0 Å². The first-order chi connectivity index (χ1) is 11.6. The first-order valence-corrected chi connectivity index (χ1v) is 10.9. The van der Waals surface area contributed by atoms with Crippen LogP contribution in [0, 0.1) is 0 Å². The number of ether oxygens (including phenoxy) is 2. The summed E-state index contributed by atoms with van der Waals surface area (Å²) in [6.45, 7) is 12.8. The van der Waals surface area contributed by atoms with Crippen LogP contribution in [-0.2, 0) is 28.3 Å². The van der Waals surface area contributed by atoms with Crippen molar-refractivity contribution in [3.8, 4) is 0 Å². The van der Waals surface area contributed by atoms with Crippen LogP contribution < -0.4 is 0 Å². The molecule has 0 saturated heterocycles. The SMILES string of the molecule is COC(=O)C=CC(=O)OCCCC(=O)O[Si](C(C)C)(C(C)C)C(C)C. The molecule has 0 aliphatic carbocycles. The number of carbonyl (C=O) groups excluding carboxylic acids is 3. The third-order valence-corrected chi connectivity index (χ3v) is 10.3. The van der Waals surface area contributed by atoms with E-state index in [4.69, 9.17) is 9.16 Å². The summed E-state index contributed by atoms with van der Waals surface area (Å²) in [6, 6.07) is 0. The van der Waals surface area contributed by atoms with Crippen molar-refractivity contribution in [2.24, 2.45) is 0 Å². The number of esters is 2. The lowest BCUT2D eigenvalue weighted by molar-refractivity contribution is -0.141. The van der Waals surface area contributed by atoms with Crippen LogP contribution in [-0.4, -0.2) is 39.9 Å². The molecule has 0 atom stereocenters. The van der Waals surface area contributed by atoms with Crippen LogP contribution in [0.1, 0.15) is 54.4 Å². The molecule has 0 spiro atoms. The molecule has 0 aliphatic rings. The number of rotatable bonds is 10. The zero-order chi connectivity index (χ0) is 19.6. The number of hydrogen-bond donors (Lipinski definition) is 0. The maximum Gasteiger partial charge on any atom is 0.331 e. The maximum absolute atomic E-state index is 12.3. The Morgan fingerprint density at radius 3 is 1.80 bits per heavy atom. The fourth-order valence-electron chi connectivity index (χ4n) is 3.24. The highest BCUT2D eigenvalue weighted by Crippen LogP contribution is 2.42. The smallest absolute Gasteiger partial charge is 0.331 e. The average Bonchev–Trinajstić information content (AvgIpc) is 2.53. The van der Waals surface area contributed by atoms with Crippen molar-refractivity contribution in [1.82, 2.24) is 0 Å². The minimum atomic E-state index is -2.22. The van der Waals surface area contributed by atoms with Gasteiger partial charge in [0.05, 0.1) is 13.7 Å². The van der Waals surface area contributed by atoms with Gasteiger partial charge in [-0.2, -0.15) is 0 Å². The summed E-state index contributed by atoms with van der Waals surface area (Å²) in [4.78, 5) is 34.5. The Bertz CT molecular complexity index is 460. The minimum absolute atomic E-state index is 0.0963. The highest BCUT2D eigenvalue weighted by molar-refractivity contribution is 6.78. The van der Waals surface area contributed by atoms with Gasteiger partial charge in [0.25, 0.3) is 14.3 Å². The molecule has 0 bridgehead atoms. The zero-order valence-corrected chi connectivity index (χ0v) is 17.5. The van der Waals surface area contributed by atoms with Crippen LogP contribution in [0.2, 0.25) is 16.6 Å². The third kappa shape index (κ3) is 7.42. The predicted molar refractivity (Wildman–Crippen MR) is 98.5 cm³/mol. The molecule has 0 aliphatic heterocycles. The number of hydrogen-bond acceptors (Lipinski definition) is 6. The van der Waals surface area contributed by atoms with Crippen molar-refractivity contribution in [2.45, 2.75) is 71.0 Å². The molecule has 144 valence electrons. The molecule has 0 heterocycles. The summed E-state index contributed by atoms with van der Waals surface area (Å²) in [7, 11) is -1.00. The molecule has 0 rings (SSSR count). The standard InChI is InChI=1S/C18H32O6Si/c1-13(2)25(14(3)4,15(5)6)24-18(21)9-8-12-23-17(20)11-10-16(19)22-7/h10-11,13-15H,8-9,12H2,1-7H3. The number of methoxy groups -OCH3 is 1. The molecule has 0 N–H and O–H groups in total. The molecular formula is C18H32O6Si. The molecule has 7 heteroatoms. The van der Waals surface area contributed by atoms with Crippen molar-refractivity contribution < 1.29 is 28.3 Å². The Labute approximate surface area is 152 Å². The third-order valence-electron chi connectivity index (χ3n) is 4.32. The molecule has 0 radical (unpaired) electrons. The summed E-state index contributed by atoms with van der Waals surface area (Å²) < 4.78 is 15.3. The molecule has 0 aromatic heterocycles. The molecule has 0 unspecified atom stereocenters. The second kappa shape index (κ2) is 11.1. The quantitative estimate of drug-likeness (QED) is 0.251. The molecule has 0 saturated carbocycles. The Hall–Kier alpha value is -1.63. The largest absolute Gasteiger partial charge is 0.518 e. The maximum atomic E-state index is 12.3. The van der Waals surface area contributed by atoms with Crippen LogP contribution in [0.15, 0.2) is 12.2 Å². The van der Waals surface area contributed by atoms with E-state index in [-0.39, 0.29) is 19.0 Å². The fourth-order valence-corrected chi connectivity index (χ4v) is 8.45. The van der Waals surface area contributed by atoms with Crippen molar-refractivity contribution in [2.75, 3.05) is 13.7 Å². The highest BCUT2D eigenvalue weighted by Gasteiger charge is 2.47. The molecule has 0 amide bonds. The molecule has 25 heavy (non-hydrogen) atoms. The zero-order valence-electron chi connectivity index (χ0n) is 16.5. The second-order valence-corrected chi connectivity index (χ2v) is 12.3.